The molecule has 0 saturated heterocycles. The first-order valence-corrected chi connectivity index (χ1v) is 10.5. The summed E-state index contributed by atoms with van der Waals surface area (Å²) in [6.45, 7) is 3.13. The SMILES string of the molecule is Cc1ccc(NC(=O)N2CCc3c(sc4nc(-c5ccccc5)nn34)C2)c(Cl)c1. The number of nitrogens with zero attached hydrogens (tertiary/aromatic N) is 4. The number of halogens is 1. The lowest BCUT2D eigenvalue weighted by molar-refractivity contribution is 0.206. The molecule has 0 bridgehead atoms. The first-order valence-electron chi connectivity index (χ1n) is 9.33. The molecule has 8 heteroatoms. The van der Waals surface area contributed by atoms with E-state index in [0.717, 1.165) is 38.9 Å². The van der Waals surface area contributed by atoms with Gasteiger partial charge in [0.05, 0.1) is 22.9 Å². The van der Waals surface area contributed by atoms with Crippen molar-refractivity contribution in [2.24, 2.45) is 0 Å². The van der Waals surface area contributed by atoms with E-state index in [4.69, 9.17) is 16.7 Å². The maximum atomic E-state index is 12.7. The van der Waals surface area contributed by atoms with Gasteiger partial charge in [0.2, 0.25) is 4.96 Å². The van der Waals surface area contributed by atoms with Crippen molar-refractivity contribution in [3.05, 3.63) is 69.7 Å². The molecular weight excluding hydrogens is 406 g/mol. The second kappa shape index (κ2) is 7.17. The van der Waals surface area contributed by atoms with Gasteiger partial charge in [0, 0.05) is 23.4 Å². The van der Waals surface area contributed by atoms with Crippen LogP contribution < -0.4 is 5.32 Å². The van der Waals surface area contributed by atoms with E-state index in [-0.39, 0.29) is 6.03 Å². The molecule has 0 fully saturated rings. The lowest BCUT2D eigenvalue weighted by Gasteiger charge is -2.26. The summed E-state index contributed by atoms with van der Waals surface area (Å²) in [4.78, 5) is 21.2. The average molecular weight is 424 g/mol. The Morgan fingerprint density at radius 3 is 2.83 bits per heavy atom. The monoisotopic (exact) mass is 423 g/mol. The molecule has 0 spiro atoms. The van der Waals surface area contributed by atoms with Crippen molar-refractivity contribution in [3.63, 3.8) is 0 Å². The van der Waals surface area contributed by atoms with Crippen LogP contribution in [0.1, 0.15) is 16.1 Å². The molecule has 0 atom stereocenters. The predicted molar refractivity (Wildman–Crippen MR) is 116 cm³/mol. The summed E-state index contributed by atoms with van der Waals surface area (Å²) in [7, 11) is 0. The summed E-state index contributed by atoms with van der Waals surface area (Å²) >= 11 is 7.84. The van der Waals surface area contributed by atoms with Crippen LogP contribution in [0.3, 0.4) is 0 Å². The molecular formula is C21H18ClN5OS. The third-order valence-electron chi connectivity index (χ3n) is 5.01. The van der Waals surface area contributed by atoms with Crippen LogP contribution in [-0.4, -0.2) is 32.1 Å². The minimum Gasteiger partial charge on any atom is -0.319 e. The number of hydrogen-bond donors (Lipinski definition) is 1. The summed E-state index contributed by atoms with van der Waals surface area (Å²) < 4.78 is 1.93. The van der Waals surface area contributed by atoms with Crippen LogP contribution >= 0.6 is 22.9 Å². The normalized spacial score (nSPS) is 13.5. The van der Waals surface area contributed by atoms with Crippen LogP contribution in [0.2, 0.25) is 5.02 Å². The summed E-state index contributed by atoms with van der Waals surface area (Å²) in [6.07, 6.45) is 0.738. The van der Waals surface area contributed by atoms with Crippen LogP contribution in [0.25, 0.3) is 16.3 Å². The zero-order valence-corrected chi connectivity index (χ0v) is 17.3. The molecule has 1 aliphatic heterocycles. The largest absolute Gasteiger partial charge is 0.322 e. The predicted octanol–water partition coefficient (Wildman–Crippen LogP) is 5.01. The van der Waals surface area contributed by atoms with E-state index in [1.807, 2.05) is 60.0 Å². The minimum absolute atomic E-state index is 0.148. The second-order valence-electron chi connectivity index (χ2n) is 7.05. The van der Waals surface area contributed by atoms with Crippen molar-refractivity contribution in [2.75, 3.05) is 11.9 Å². The molecule has 6 nitrogen and oxygen atoms in total. The number of thiazole rings is 1. The molecule has 2 amide bonds. The van der Waals surface area contributed by atoms with Gasteiger partial charge < -0.3 is 10.2 Å². The summed E-state index contributed by atoms with van der Waals surface area (Å²) in [5, 5.41) is 8.16. The summed E-state index contributed by atoms with van der Waals surface area (Å²) in [5.41, 5.74) is 3.82. The Bertz CT molecular complexity index is 1220. The van der Waals surface area contributed by atoms with Crippen molar-refractivity contribution in [1.82, 2.24) is 19.5 Å². The van der Waals surface area contributed by atoms with Gasteiger partial charge in [-0.1, -0.05) is 59.3 Å². The third-order valence-corrected chi connectivity index (χ3v) is 6.38. The highest BCUT2D eigenvalue weighted by Crippen LogP contribution is 2.30. The maximum absolute atomic E-state index is 12.7. The Hall–Kier alpha value is -2.90. The van der Waals surface area contributed by atoms with Gasteiger partial charge >= 0.3 is 6.03 Å². The van der Waals surface area contributed by atoms with Crippen LogP contribution in [0.15, 0.2) is 48.5 Å². The fourth-order valence-corrected chi connectivity index (χ4v) is 4.89. The Labute approximate surface area is 176 Å². The molecule has 0 radical (unpaired) electrons. The van der Waals surface area contributed by atoms with Gasteiger partial charge in [-0.05, 0) is 24.6 Å². The highest BCUT2D eigenvalue weighted by atomic mass is 35.5. The van der Waals surface area contributed by atoms with Crippen LogP contribution in [-0.2, 0) is 13.0 Å². The molecule has 0 unspecified atom stereocenters. The Balaban J connectivity index is 1.36. The van der Waals surface area contributed by atoms with Gasteiger partial charge in [-0.25, -0.2) is 9.31 Å². The number of benzene rings is 2. The van der Waals surface area contributed by atoms with Gasteiger partial charge in [0.15, 0.2) is 5.82 Å². The highest BCUT2D eigenvalue weighted by Gasteiger charge is 2.26. The average Bonchev–Trinajstić information content (AvgIpc) is 3.28. The Morgan fingerprint density at radius 2 is 2.03 bits per heavy atom. The van der Waals surface area contributed by atoms with Crippen molar-refractivity contribution in [1.29, 1.82) is 0 Å². The molecule has 3 heterocycles. The number of anilines is 1. The van der Waals surface area contributed by atoms with E-state index in [9.17, 15) is 4.79 Å². The molecule has 2 aromatic heterocycles. The molecule has 29 heavy (non-hydrogen) atoms. The van der Waals surface area contributed by atoms with Gasteiger partial charge in [-0.3, -0.25) is 0 Å². The van der Waals surface area contributed by atoms with Crippen LogP contribution in [0.4, 0.5) is 10.5 Å². The zero-order valence-electron chi connectivity index (χ0n) is 15.7. The summed E-state index contributed by atoms with van der Waals surface area (Å²) in [5.74, 6) is 0.730. The Kier molecular flexibility index (Phi) is 4.49. The van der Waals surface area contributed by atoms with Crippen molar-refractivity contribution in [2.45, 2.75) is 19.9 Å². The van der Waals surface area contributed by atoms with E-state index in [2.05, 4.69) is 10.3 Å². The molecule has 2 aromatic carbocycles. The lowest BCUT2D eigenvalue weighted by Crippen LogP contribution is -2.38. The third kappa shape index (κ3) is 3.36. The molecule has 1 N–H and O–H groups in total. The van der Waals surface area contributed by atoms with E-state index in [1.165, 1.54) is 0 Å². The quantitative estimate of drug-likeness (QED) is 0.493. The zero-order chi connectivity index (χ0) is 20.0. The number of urea groups is 1. The second-order valence-corrected chi connectivity index (χ2v) is 8.52. The van der Waals surface area contributed by atoms with E-state index in [0.29, 0.717) is 23.8 Å². The molecule has 4 aromatic rings. The number of carbonyl (C=O) groups excluding carboxylic acids is 1. The molecule has 146 valence electrons. The number of amides is 2. The van der Waals surface area contributed by atoms with Crippen molar-refractivity contribution in [3.8, 4) is 11.4 Å². The van der Waals surface area contributed by atoms with Gasteiger partial charge in [0.1, 0.15) is 0 Å². The smallest absolute Gasteiger partial charge is 0.319 e. The van der Waals surface area contributed by atoms with Crippen LogP contribution in [0, 0.1) is 6.92 Å². The topological polar surface area (TPSA) is 62.5 Å². The van der Waals surface area contributed by atoms with Gasteiger partial charge in [0.25, 0.3) is 0 Å². The van der Waals surface area contributed by atoms with Gasteiger partial charge in [-0.2, -0.15) is 4.98 Å². The molecule has 0 saturated carbocycles. The molecule has 0 aliphatic carbocycles. The number of aromatic nitrogens is 3. The molecule has 1 aliphatic rings. The number of fused-ring (bicyclic) bond motifs is 3. The number of carbonyl (C=O) groups is 1. The minimum atomic E-state index is -0.148. The van der Waals surface area contributed by atoms with Crippen molar-refractivity contribution >= 4 is 39.6 Å². The Morgan fingerprint density at radius 1 is 1.21 bits per heavy atom. The van der Waals surface area contributed by atoms with Crippen molar-refractivity contribution < 1.29 is 4.79 Å². The fraction of sp³-hybridized carbons (Fsp3) is 0.190. The van der Waals surface area contributed by atoms with E-state index in [1.54, 1.807) is 16.2 Å². The standard InChI is InChI=1S/C21H18ClN5OS/c1-13-7-8-16(15(22)11-13)23-20(28)26-10-9-17-18(12-26)29-21-24-19(25-27(17)21)14-5-3-2-4-6-14/h2-8,11H,9-10,12H2,1H3,(H,23,28). The molecule has 5 rings (SSSR count). The van der Waals surface area contributed by atoms with E-state index < -0.39 is 0 Å². The van der Waals surface area contributed by atoms with E-state index >= 15 is 0 Å². The highest BCUT2D eigenvalue weighted by molar-refractivity contribution is 7.17. The number of aryl methyl sites for hydroxylation is 1. The van der Waals surface area contributed by atoms with Gasteiger partial charge in [-0.15, -0.1) is 5.10 Å². The number of rotatable bonds is 2. The fourth-order valence-electron chi connectivity index (χ4n) is 3.49. The summed E-state index contributed by atoms with van der Waals surface area (Å²) in [6, 6.07) is 15.4. The first-order chi connectivity index (χ1) is 14.1. The maximum Gasteiger partial charge on any atom is 0.322 e. The lowest BCUT2D eigenvalue weighted by atomic mass is 10.2. The number of hydrogen-bond acceptors (Lipinski definition) is 4. The number of nitrogens with one attached hydrogen (secondary N) is 1. The van der Waals surface area contributed by atoms with Crippen LogP contribution in [0.5, 0.6) is 0 Å². The first kappa shape index (κ1) is 18.1.